The highest BCUT2D eigenvalue weighted by atomic mass is 32.1. The van der Waals surface area contributed by atoms with Crippen LogP contribution in [-0.2, 0) is 4.79 Å². The molecule has 20 heavy (non-hydrogen) atoms. The Morgan fingerprint density at radius 3 is 2.80 bits per heavy atom. The van der Waals surface area contributed by atoms with Gasteiger partial charge < -0.3 is 10.0 Å². The molecule has 0 aliphatic carbocycles. The summed E-state index contributed by atoms with van der Waals surface area (Å²) in [5, 5.41) is 10.5. The fraction of sp³-hybridized carbons (Fsp3) is 0.467. The number of carboxylic acids is 1. The number of aliphatic carboxylic acids is 1. The average Bonchev–Trinajstić information content (AvgIpc) is 2.87. The van der Waals surface area contributed by atoms with Crippen LogP contribution >= 0.6 is 11.3 Å². The van der Waals surface area contributed by atoms with Crippen molar-refractivity contribution < 1.29 is 14.7 Å². The molecule has 2 unspecified atom stereocenters. The van der Waals surface area contributed by atoms with Crippen LogP contribution in [0.4, 0.5) is 0 Å². The number of piperidine rings is 1. The van der Waals surface area contributed by atoms with Crippen molar-refractivity contribution in [3.63, 3.8) is 0 Å². The molecule has 1 fully saturated rings. The molecule has 2 rings (SSSR count). The molecule has 1 aromatic heterocycles. The molecule has 0 radical (unpaired) electrons. The second-order valence-electron chi connectivity index (χ2n) is 5.37. The summed E-state index contributed by atoms with van der Waals surface area (Å²) in [4.78, 5) is 25.6. The Morgan fingerprint density at radius 2 is 2.15 bits per heavy atom. The van der Waals surface area contributed by atoms with Crippen LogP contribution in [0.15, 0.2) is 17.5 Å². The second-order valence-corrected chi connectivity index (χ2v) is 6.29. The van der Waals surface area contributed by atoms with E-state index in [1.165, 1.54) is 17.4 Å². The van der Waals surface area contributed by atoms with Gasteiger partial charge in [-0.05, 0) is 41.3 Å². The molecule has 0 bridgehead atoms. The van der Waals surface area contributed by atoms with Crippen LogP contribution in [0.3, 0.4) is 0 Å². The molecule has 0 spiro atoms. The largest absolute Gasteiger partial charge is 0.478 e. The lowest BCUT2D eigenvalue weighted by Gasteiger charge is -2.35. The van der Waals surface area contributed by atoms with Gasteiger partial charge in [0.15, 0.2) is 0 Å². The van der Waals surface area contributed by atoms with E-state index in [4.69, 9.17) is 5.11 Å². The highest BCUT2D eigenvalue weighted by molar-refractivity contribution is 7.12. The van der Waals surface area contributed by atoms with Crippen molar-refractivity contribution in [1.29, 1.82) is 0 Å². The highest BCUT2D eigenvalue weighted by Crippen LogP contribution is 2.26. The maximum Gasteiger partial charge on any atom is 0.328 e. The van der Waals surface area contributed by atoms with Gasteiger partial charge in [0.25, 0.3) is 5.91 Å². The normalized spacial score (nSPS) is 23.2. The summed E-state index contributed by atoms with van der Waals surface area (Å²) in [5.41, 5.74) is 0.689. The predicted molar refractivity (Wildman–Crippen MR) is 79.8 cm³/mol. The lowest BCUT2D eigenvalue weighted by atomic mass is 9.88. The third kappa shape index (κ3) is 3.28. The SMILES string of the molecule is CC1CCN(C(=O)c2sccc2/C=C/C(=O)O)CC1C. The fourth-order valence-electron chi connectivity index (χ4n) is 2.38. The molecule has 5 heteroatoms. The number of hydrogen-bond acceptors (Lipinski definition) is 3. The van der Waals surface area contributed by atoms with E-state index in [-0.39, 0.29) is 5.91 Å². The molecule has 1 aromatic rings. The standard InChI is InChI=1S/C15H19NO3S/c1-10-5-7-16(9-11(10)2)15(19)14-12(6-8-20-14)3-4-13(17)18/h3-4,6,8,10-11H,5,7,9H2,1-2H3,(H,17,18)/b4-3+. The van der Waals surface area contributed by atoms with Crippen molar-refractivity contribution in [3.05, 3.63) is 28.0 Å². The Kier molecular flexibility index (Phi) is 4.60. The number of carboxylic acid groups (broad SMARTS) is 1. The van der Waals surface area contributed by atoms with E-state index in [0.717, 1.165) is 25.6 Å². The van der Waals surface area contributed by atoms with Crippen molar-refractivity contribution in [2.45, 2.75) is 20.3 Å². The van der Waals surface area contributed by atoms with Crippen LogP contribution in [0.25, 0.3) is 6.08 Å². The minimum Gasteiger partial charge on any atom is -0.478 e. The highest BCUT2D eigenvalue weighted by Gasteiger charge is 2.27. The van der Waals surface area contributed by atoms with Gasteiger partial charge in [0.2, 0.25) is 0 Å². The average molecular weight is 293 g/mol. The Morgan fingerprint density at radius 1 is 1.40 bits per heavy atom. The molecular formula is C15H19NO3S. The topological polar surface area (TPSA) is 57.6 Å². The summed E-state index contributed by atoms with van der Waals surface area (Å²) in [5.74, 6) is 0.165. The molecular weight excluding hydrogens is 274 g/mol. The molecule has 1 amide bonds. The quantitative estimate of drug-likeness (QED) is 0.872. The zero-order valence-electron chi connectivity index (χ0n) is 11.7. The van der Waals surface area contributed by atoms with Crippen LogP contribution in [-0.4, -0.2) is 35.0 Å². The van der Waals surface area contributed by atoms with Gasteiger partial charge in [-0.1, -0.05) is 13.8 Å². The Hall–Kier alpha value is -1.62. The molecule has 0 aromatic carbocycles. The number of hydrogen-bond donors (Lipinski definition) is 1. The second kappa shape index (κ2) is 6.22. The maximum atomic E-state index is 12.5. The zero-order chi connectivity index (χ0) is 14.7. The van der Waals surface area contributed by atoms with E-state index >= 15 is 0 Å². The van der Waals surface area contributed by atoms with Gasteiger partial charge in [-0.3, -0.25) is 4.79 Å². The van der Waals surface area contributed by atoms with Crippen molar-refractivity contribution in [2.75, 3.05) is 13.1 Å². The first-order valence-corrected chi connectivity index (χ1v) is 7.64. The van der Waals surface area contributed by atoms with Crippen LogP contribution in [0.1, 0.15) is 35.5 Å². The van der Waals surface area contributed by atoms with Crippen LogP contribution in [0.5, 0.6) is 0 Å². The third-order valence-electron chi connectivity index (χ3n) is 3.92. The molecule has 4 nitrogen and oxygen atoms in total. The monoisotopic (exact) mass is 293 g/mol. The van der Waals surface area contributed by atoms with Crippen molar-refractivity contribution in [2.24, 2.45) is 11.8 Å². The van der Waals surface area contributed by atoms with E-state index in [1.807, 2.05) is 10.3 Å². The molecule has 2 atom stereocenters. The molecule has 108 valence electrons. The smallest absolute Gasteiger partial charge is 0.328 e. The van der Waals surface area contributed by atoms with Gasteiger partial charge in [0.1, 0.15) is 0 Å². The van der Waals surface area contributed by atoms with E-state index in [2.05, 4.69) is 13.8 Å². The lowest BCUT2D eigenvalue weighted by molar-refractivity contribution is -0.131. The minimum absolute atomic E-state index is 0.0174. The number of thiophene rings is 1. The lowest BCUT2D eigenvalue weighted by Crippen LogP contribution is -2.42. The van der Waals surface area contributed by atoms with E-state index < -0.39 is 5.97 Å². The first-order chi connectivity index (χ1) is 9.49. The third-order valence-corrected chi connectivity index (χ3v) is 4.83. The summed E-state index contributed by atoms with van der Waals surface area (Å²) >= 11 is 1.37. The first kappa shape index (κ1) is 14.8. The van der Waals surface area contributed by atoms with Crippen LogP contribution in [0, 0.1) is 11.8 Å². The maximum absolute atomic E-state index is 12.5. The number of carbonyl (C=O) groups is 2. The molecule has 1 aliphatic rings. The van der Waals surface area contributed by atoms with Crippen molar-refractivity contribution >= 4 is 29.3 Å². The minimum atomic E-state index is -1.00. The van der Waals surface area contributed by atoms with Gasteiger partial charge in [-0.25, -0.2) is 4.79 Å². The summed E-state index contributed by atoms with van der Waals surface area (Å²) in [6.45, 7) is 5.95. The van der Waals surface area contributed by atoms with Crippen LogP contribution in [0.2, 0.25) is 0 Å². The number of carbonyl (C=O) groups excluding carboxylic acids is 1. The fourth-order valence-corrected chi connectivity index (χ4v) is 3.23. The first-order valence-electron chi connectivity index (χ1n) is 6.76. The van der Waals surface area contributed by atoms with E-state index in [9.17, 15) is 9.59 Å². The van der Waals surface area contributed by atoms with Gasteiger partial charge >= 0.3 is 5.97 Å². The van der Waals surface area contributed by atoms with Crippen molar-refractivity contribution in [3.8, 4) is 0 Å². The Labute approximate surface area is 122 Å². The molecule has 1 aliphatic heterocycles. The summed E-state index contributed by atoms with van der Waals surface area (Å²) in [7, 11) is 0. The van der Waals surface area contributed by atoms with E-state index in [1.54, 1.807) is 6.07 Å². The number of rotatable bonds is 3. The van der Waals surface area contributed by atoms with Crippen molar-refractivity contribution in [1.82, 2.24) is 4.90 Å². The molecule has 2 heterocycles. The number of likely N-dealkylation sites (tertiary alicyclic amines) is 1. The number of amides is 1. The predicted octanol–water partition coefficient (Wildman–Crippen LogP) is 2.96. The summed E-state index contributed by atoms with van der Waals surface area (Å²) in [6, 6.07) is 1.79. The van der Waals surface area contributed by atoms with Crippen LogP contribution < -0.4 is 0 Å². The van der Waals surface area contributed by atoms with Gasteiger partial charge in [-0.15, -0.1) is 11.3 Å². The molecule has 1 saturated heterocycles. The Balaban J connectivity index is 2.14. The van der Waals surface area contributed by atoms with Gasteiger partial charge in [0, 0.05) is 19.2 Å². The van der Waals surface area contributed by atoms with E-state index in [0.29, 0.717) is 22.3 Å². The Bertz CT molecular complexity index is 535. The zero-order valence-corrected chi connectivity index (χ0v) is 12.5. The summed E-state index contributed by atoms with van der Waals surface area (Å²) in [6.07, 6.45) is 3.58. The number of nitrogens with zero attached hydrogens (tertiary/aromatic N) is 1. The summed E-state index contributed by atoms with van der Waals surface area (Å²) < 4.78 is 0. The molecule has 1 N–H and O–H groups in total. The van der Waals surface area contributed by atoms with Gasteiger partial charge in [-0.2, -0.15) is 0 Å². The molecule has 0 saturated carbocycles. The van der Waals surface area contributed by atoms with Gasteiger partial charge in [0.05, 0.1) is 4.88 Å².